The number of hydrogen-bond acceptors (Lipinski definition) is 3. The van der Waals surface area contributed by atoms with Crippen LogP contribution in [0.5, 0.6) is 5.75 Å². The third-order valence-electron chi connectivity index (χ3n) is 3.28. The lowest BCUT2D eigenvalue weighted by Crippen LogP contribution is -2.32. The van der Waals surface area contributed by atoms with E-state index in [1.807, 2.05) is 49.4 Å². The largest absolute Gasteiger partial charge is 0.497 e. The highest BCUT2D eigenvalue weighted by atomic mass is 32.2. The average molecular weight is 315 g/mol. The molecule has 0 saturated carbocycles. The summed E-state index contributed by atoms with van der Waals surface area (Å²) in [6.45, 7) is 2.58. The maximum absolute atomic E-state index is 12.1. The SMILES string of the molecule is COc1cccc(SC(C)C(=O)NCCc2ccccc2)c1. The van der Waals surface area contributed by atoms with Gasteiger partial charge >= 0.3 is 0 Å². The summed E-state index contributed by atoms with van der Waals surface area (Å²) in [5, 5.41) is 2.85. The first-order valence-corrected chi connectivity index (χ1v) is 8.19. The van der Waals surface area contributed by atoms with Gasteiger partial charge in [0.25, 0.3) is 0 Å². The molecule has 116 valence electrons. The second kappa shape index (κ2) is 8.49. The third-order valence-corrected chi connectivity index (χ3v) is 4.37. The molecule has 0 bridgehead atoms. The zero-order chi connectivity index (χ0) is 15.8. The second-order valence-corrected chi connectivity index (χ2v) is 6.38. The van der Waals surface area contributed by atoms with Gasteiger partial charge in [-0.2, -0.15) is 0 Å². The normalized spacial score (nSPS) is 11.7. The highest BCUT2D eigenvalue weighted by molar-refractivity contribution is 8.00. The van der Waals surface area contributed by atoms with Gasteiger partial charge in [0.05, 0.1) is 12.4 Å². The van der Waals surface area contributed by atoms with Gasteiger partial charge in [-0.3, -0.25) is 4.79 Å². The number of hydrogen-bond donors (Lipinski definition) is 1. The van der Waals surface area contributed by atoms with E-state index >= 15 is 0 Å². The summed E-state index contributed by atoms with van der Waals surface area (Å²) >= 11 is 1.54. The second-order valence-electron chi connectivity index (χ2n) is 4.97. The quantitative estimate of drug-likeness (QED) is 0.794. The first-order valence-electron chi connectivity index (χ1n) is 7.31. The Balaban J connectivity index is 1.79. The fourth-order valence-electron chi connectivity index (χ4n) is 2.05. The summed E-state index contributed by atoms with van der Waals surface area (Å²) in [5.41, 5.74) is 1.23. The number of carbonyl (C=O) groups is 1. The van der Waals surface area contributed by atoms with Crippen molar-refractivity contribution in [3.8, 4) is 5.75 Å². The minimum atomic E-state index is -0.136. The predicted molar refractivity (Wildman–Crippen MR) is 91.5 cm³/mol. The summed E-state index contributed by atoms with van der Waals surface area (Å²) in [7, 11) is 1.64. The van der Waals surface area contributed by atoms with E-state index in [0.29, 0.717) is 6.54 Å². The molecule has 1 amide bonds. The molecular formula is C18H21NO2S. The van der Waals surface area contributed by atoms with Crippen molar-refractivity contribution in [3.63, 3.8) is 0 Å². The maximum atomic E-state index is 12.1. The number of methoxy groups -OCH3 is 1. The van der Waals surface area contributed by atoms with Gasteiger partial charge in [-0.05, 0) is 37.1 Å². The van der Waals surface area contributed by atoms with Crippen LogP contribution in [-0.2, 0) is 11.2 Å². The van der Waals surface area contributed by atoms with E-state index in [1.54, 1.807) is 7.11 Å². The molecule has 0 fully saturated rings. The molecule has 2 rings (SSSR count). The van der Waals surface area contributed by atoms with Crippen molar-refractivity contribution < 1.29 is 9.53 Å². The Morgan fingerprint density at radius 3 is 2.68 bits per heavy atom. The van der Waals surface area contributed by atoms with E-state index in [-0.39, 0.29) is 11.2 Å². The van der Waals surface area contributed by atoms with E-state index in [2.05, 4.69) is 17.4 Å². The average Bonchev–Trinajstić information content (AvgIpc) is 2.56. The lowest BCUT2D eigenvalue weighted by atomic mass is 10.1. The first-order chi connectivity index (χ1) is 10.7. The number of ether oxygens (including phenoxy) is 1. The number of thioether (sulfide) groups is 1. The lowest BCUT2D eigenvalue weighted by molar-refractivity contribution is -0.120. The van der Waals surface area contributed by atoms with Crippen LogP contribution in [0.15, 0.2) is 59.5 Å². The van der Waals surface area contributed by atoms with Crippen molar-refractivity contribution >= 4 is 17.7 Å². The van der Waals surface area contributed by atoms with Crippen LogP contribution in [-0.4, -0.2) is 24.8 Å². The highest BCUT2D eigenvalue weighted by Gasteiger charge is 2.14. The molecule has 4 heteroatoms. The summed E-state index contributed by atoms with van der Waals surface area (Å²) in [5.74, 6) is 0.866. The van der Waals surface area contributed by atoms with Crippen LogP contribution in [0.4, 0.5) is 0 Å². The minimum Gasteiger partial charge on any atom is -0.497 e. The van der Waals surface area contributed by atoms with Gasteiger partial charge in [-0.25, -0.2) is 0 Å². The summed E-state index contributed by atoms with van der Waals surface area (Å²) in [6.07, 6.45) is 0.850. The molecule has 0 aromatic heterocycles. The molecule has 22 heavy (non-hydrogen) atoms. The zero-order valence-electron chi connectivity index (χ0n) is 12.9. The van der Waals surface area contributed by atoms with Crippen molar-refractivity contribution in [2.24, 2.45) is 0 Å². The molecule has 0 aliphatic rings. The van der Waals surface area contributed by atoms with Gasteiger partial charge in [-0.15, -0.1) is 11.8 Å². The van der Waals surface area contributed by atoms with Crippen LogP contribution in [0.1, 0.15) is 12.5 Å². The van der Waals surface area contributed by atoms with E-state index in [4.69, 9.17) is 4.74 Å². The van der Waals surface area contributed by atoms with Gasteiger partial charge in [0.1, 0.15) is 5.75 Å². The van der Waals surface area contributed by atoms with Gasteiger partial charge < -0.3 is 10.1 Å². The van der Waals surface area contributed by atoms with Crippen molar-refractivity contribution in [1.29, 1.82) is 0 Å². The van der Waals surface area contributed by atoms with Gasteiger partial charge in [0, 0.05) is 11.4 Å². The van der Waals surface area contributed by atoms with Gasteiger partial charge in [0.15, 0.2) is 0 Å². The molecule has 0 aliphatic heterocycles. The van der Waals surface area contributed by atoms with Crippen molar-refractivity contribution in [2.75, 3.05) is 13.7 Å². The Morgan fingerprint density at radius 1 is 1.18 bits per heavy atom. The summed E-state index contributed by atoms with van der Waals surface area (Å²) < 4.78 is 5.20. The number of benzene rings is 2. The van der Waals surface area contributed by atoms with Gasteiger partial charge in [0.2, 0.25) is 5.91 Å². The van der Waals surface area contributed by atoms with Crippen molar-refractivity contribution in [2.45, 2.75) is 23.5 Å². The van der Waals surface area contributed by atoms with Gasteiger partial charge in [-0.1, -0.05) is 36.4 Å². The van der Waals surface area contributed by atoms with Crippen LogP contribution in [0.2, 0.25) is 0 Å². The first kappa shape index (κ1) is 16.4. The molecule has 0 radical (unpaired) electrons. The summed E-state index contributed by atoms with van der Waals surface area (Å²) in [4.78, 5) is 13.2. The monoisotopic (exact) mass is 315 g/mol. The third kappa shape index (κ3) is 5.11. The smallest absolute Gasteiger partial charge is 0.233 e. The molecule has 0 spiro atoms. The van der Waals surface area contributed by atoms with Crippen LogP contribution in [0.3, 0.4) is 0 Å². The van der Waals surface area contributed by atoms with Crippen LogP contribution >= 0.6 is 11.8 Å². The van der Waals surface area contributed by atoms with Crippen LogP contribution in [0.25, 0.3) is 0 Å². The molecule has 0 heterocycles. The van der Waals surface area contributed by atoms with E-state index in [1.165, 1.54) is 17.3 Å². The molecule has 0 aliphatic carbocycles. The number of amides is 1. The number of carbonyl (C=O) groups excluding carboxylic acids is 1. The Bertz CT molecular complexity index is 601. The highest BCUT2D eigenvalue weighted by Crippen LogP contribution is 2.26. The number of rotatable bonds is 7. The zero-order valence-corrected chi connectivity index (χ0v) is 13.7. The molecule has 1 unspecified atom stereocenters. The number of nitrogens with one attached hydrogen (secondary N) is 1. The fraction of sp³-hybridized carbons (Fsp3) is 0.278. The van der Waals surface area contributed by atoms with E-state index < -0.39 is 0 Å². The standard InChI is InChI=1S/C18H21NO2S/c1-14(22-17-10-6-9-16(13-17)21-2)18(20)19-12-11-15-7-4-3-5-8-15/h3-10,13-14H,11-12H2,1-2H3,(H,19,20). The summed E-state index contributed by atoms with van der Waals surface area (Å²) in [6, 6.07) is 17.9. The minimum absolute atomic E-state index is 0.0590. The molecule has 0 saturated heterocycles. The van der Waals surface area contributed by atoms with E-state index in [9.17, 15) is 4.79 Å². The lowest BCUT2D eigenvalue weighted by Gasteiger charge is -2.12. The van der Waals surface area contributed by atoms with Crippen molar-refractivity contribution in [1.82, 2.24) is 5.32 Å². The Hall–Kier alpha value is -1.94. The Kier molecular flexibility index (Phi) is 6.34. The molecule has 3 nitrogen and oxygen atoms in total. The molecule has 2 aromatic carbocycles. The topological polar surface area (TPSA) is 38.3 Å². The van der Waals surface area contributed by atoms with Crippen LogP contribution < -0.4 is 10.1 Å². The molecule has 2 aromatic rings. The fourth-order valence-corrected chi connectivity index (χ4v) is 2.99. The predicted octanol–water partition coefficient (Wildman–Crippen LogP) is 3.53. The molecule has 1 atom stereocenters. The van der Waals surface area contributed by atoms with Crippen LogP contribution in [0, 0.1) is 0 Å². The molecular weight excluding hydrogens is 294 g/mol. The molecule has 1 N–H and O–H groups in total. The van der Waals surface area contributed by atoms with Crippen molar-refractivity contribution in [3.05, 3.63) is 60.2 Å². The van der Waals surface area contributed by atoms with E-state index in [0.717, 1.165) is 17.1 Å². The Labute approximate surface area is 136 Å². The maximum Gasteiger partial charge on any atom is 0.233 e. The Morgan fingerprint density at radius 2 is 1.95 bits per heavy atom.